The lowest BCUT2D eigenvalue weighted by atomic mass is 10.2. The van der Waals surface area contributed by atoms with Crippen LogP contribution in [-0.4, -0.2) is 29.6 Å². The van der Waals surface area contributed by atoms with Gasteiger partial charge in [0.15, 0.2) is 0 Å². The molecular weight excluding hydrogens is 154 g/mol. The first kappa shape index (κ1) is 9.57. The summed E-state index contributed by atoms with van der Waals surface area (Å²) >= 11 is 0. The first-order chi connectivity index (χ1) is 5.07. The van der Waals surface area contributed by atoms with E-state index in [-0.39, 0.29) is 6.47 Å². The van der Waals surface area contributed by atoms with E-state index >= 15 is 0 Å². The fourth-order valence-electron chi connectivity index (χ4n) is 0.369. The van der Waals surface area contributed by atoms with Gasteiger partial charge in [-0.25, -0.2) is 0 Å². The summed E-state index contributed by atoms with van der Waals surface area (Å²) in [6, 6.07) is -1.32. The third-order valence-electron chi connectivity index (χ3n) is 0.883. The van der Waals surface area contributed by atoms with Gasteiger partial charge in [0.05, 0.1) is 6.42 Å². The Hall–Kier alpha value is -1.43. The van der Waals surface area contributed by atoms with E-state index in [9.17, 15) is 14.4 Å². The third-order valence-corrected chi connectivity index (χ3v) is 0.883. The van der Waals surface area contributed by atoms with Crippen LogP contribution in [0.4, 0.5) is 0 Å². The third kappa shape index (κ3) is 4.04. The largest absolute Gasteiger partial charge is 0.480 e. The van der Waals surface area contributed by atoms with Gasteiger partial charge in [-0.2, -0.15) is 0 Å². The number of carboxylic acids is 1. The maximum absolute atomic E-state index is 10.4. The molecular formula is C5H7NO5. The zero-order chi connectivity index (χ0) is 8.85. The van der Waals surface area contributed by atoms with Crippen molar-refractivity contribution in [2.75, 3.05) is 0 Å². The summed E-state index contributed by atoms with van der Waals surface area (Å²) in [5, 5.41) is 8.18. The number of rotatable bonds is 4. The van der Waals surface area contributed by atoms with Crippen LogP contribution < -0.4 is 5.73 Å². The lowest BCUT2D eigenvalue weighted by Crippen LogP contribution is -2.33. The first-order valence-electron chi connectivity index (χ1n) is 2.69. The molecule has 0 aromatic heterocycles. The lowest BCUT2D eigenvalue weighted by Gasteiger charge is -2.01. The van der Waals surface area contributed by atoms with E-state index in [1.165, 1.54) is 0 Å². The molecule has 0 rings (SSSR count). The molecule has 1 atom stereocenters. The summed E-state index contributed by atoms with van der Waals surface area (Å²) < 4.78 is 3.80. The summed E-state index contributed by atoms with van der Waals surface area (Å²) in [6.07, 6.45) is -0.506. The minimum atomic E-state index is -1.32. The number of esters is 1. The summed E-state index contributed by atoms with van der Waals surface area (Å²) in [5.74, 6) is -2.26. The van der Waals surface area contributed by atoms with Crippen LogP contribution in [0.15, 0.2) is 0 Å². The molecule has 0 spiro atoms. The Morgan fingerprint density at radius 2 is 2.18 bits per heavy atom. The first-order valence-corrected chi connectivity index (χ1v) is 2.69. The van der Waals surface area contributed by atoms with Crippen LogP contribution in [0.2, 0.25) is 0 Å². The van der Waals surface area contributed by atoms with Crippen molar-refractivity contribution < 1.29 is 24.2 Å². The number of aliphatic carboxylic acids is 1. The Kier molecular flexibility index (Phi) is 3.82. The molecule has 0 fully saturated rings. The molecule has 0 aliphatic heterocycles. The summed E-state index contributed by atoms with van der Waals surface area (Å²) in [6.45, 7) is -0.0725. The minimum absolute atomic E-state index is 0.0725. The second-order valence-electron chi connectivity index (χ2n) is 1.73. The predicted octanol–water partition coefficient (Wildman–Crippen LogP) is -1.51. The van der Waals surface area contributed by atoms with E-state index in [0.29, 0.717) is 0 Å². The summed E-state index contributed by atoms with van der Waals surface area (Å²) in [7, 11) is 0. The number of carbonyl (C=O) groups is 3. The highest BCUT2D eigenvalue weighted by Gasteiger charge is 2.16. The number of ether oxygens (including phenoxy) is 1. The van der Waals surface area contributed by atoms with Gasteiger partial charge in [-0.15, -0.1) is 0 Å². The van der Waals surface area contributed by atoms with Crippen molar-refractivity contribution >= 4 is 18.4 Å². The average Bonchev–Trinajstić information content (AvgIpc) is 1.87. The van der Waals surface area contributed by atoms with Crippen molar-refractivity contribution in [3.8, 4) is 0 Å². The molecule has 0 aromatic rings. The van der Waals surface area contributed by atoms with Gasteiger partial charge in [-0.05, 0) is 0 Å². The summed E-state index contributed by atoms with van der Waals surface area (Å²) in [4.78, 5) is 29.9. The second kappa shape index (κ2) is 4.40. The van der Waals surface area contributed by atoms with Gasteiger partial charge in [-0.3, -0.25) is 14.4 Å². The molecule has 0 saturated carbocycles. The molecule has 0 aliphatic carbocycles. The highest BCUT2D eigenvalue weighted by molar-refractivity contribution is 5.83. The van der Waals surface area contributed by atoms with Crippen molar-refractivity contribution in [2.45, 2.75) is 12.5 Å². The van der Waals surface area contributed by atoms with E-state index in [1.807, 2.05) is 0 Å². The van der Waals surface area contributed by atoms with Gasteiger partial charge in [0, 0.05) is 0 Å². The number of carboxylic acid groups (broad SMARTS) is 1. The highest BCUT2D eigenvalue weighted by Crippen LogP contribution is 1.90. The van der Waals surface area contributed by atoms with E-state index in [0.717, 1.165) is 0 Å². The van der Waals surface area contributed by atoms with E-state index < -0.39 is 24.4 Å². The highest BCUT2D eigenvalue weighted by atomic mass is 16.6. The normalized spacial score (nSPS) is 11.7. The topological polar surface area (TPSA) is 107 Å². The molecule has 0 unspecified atom stereocenters. The molecule has 0 aliphatic rings. The molecule has 0 amide bonds. The van der Waals surface area contributed by atoms with Crippen LogP contribution >= 0.6 is 0 Å². The zero-order valence-corrected chi connectivity index (χ0v) is 5.52. The van der Waals surface area contributed by atoms with Crippen LogP contribution in [0, 0.1) is 0 Å². The van der Waals surface area contributed by atoms with E-state index in [4.69, 9.17) is 10.8 Å². The van der Waals surface area contributed by atoms with E-state index in [1.54, 1.807) is 0 Å². The zero-order valence-electron chi connectivity index (χ0n) is 5.52. The molecule has 3 N–H and O–H groups in total. The van der Waals surface area contributed by atoms with Gasteiger partial charge in [0.2, 0.25) is 0 Å². The van der Waals surface area contributed by atoms with Crippen molar-refractivity contribution in [3.63, 3.8) is 0 Å². The predicted molar refractivity (Wildman–Crippen MR) is 32.4 cm³/mol. The summed E-state index contributed by atoms with van der Waals surface area (Å²) in [5.41, 5.74) is 4.93. The molecule has 0 saturated heterocycles. The van der Waals surface area contributed by atoms with Crippen LogP contribution in [0.25, 0.3) is 0 Å². The fourth-order valence-corrected chi connectivity index (χ4v) is 0.369. The standard InChI is InChI=1S/C5H7NO5/c6-3(5(9)10)1-4(8)11-2-7/h2-3H,1,6H2,(H,9,10)/t3-/m0/s1. The van der Waals surface area contributed by atoms with Crippen LogP contribution in [0.5, 0.6) is 0 Å². The lowest BCUT2D eigenvalue weighted by molar-refractivity contribution is -0.154. The molecule has 11 heavy (non-hydrogen) atoms. The Bertz CT molecular complexity index is 178. The van der Waals surface area contributed by atoms with E-state index in [2.05, 4.69) is 4.74 Å². The van der Waals surface area contributed by atoms with Gasteiger partial charge >= 0.3 is 18.4 Å². The van der Waals surface area contributed by atoms with Crippen molar-refractivity contribution in [2.24, 2.45) is 5.73 Å². The molecule has 0 radical (unpaired) electrons. The molecule has 0 heterocycles. The SMILES string of the molecule is N[C@@H](CC(=O)OC=O)C(=O)O. The van der Waals surface area contributed by atoms with Crippen molar-refractivity contribution in [1.82, 2.24) is 0 Å². The quantitative estimate of drug-likeness (QED) is 0.295. The van der Waals surface area contributed by atoms with Gasteiger partial charge in [-0.1, -0.05) is 0 Å². The van der Waals surface area contributed by atoms with Crippen molar-refractivity contribution in [1.29, 1.82) is 0 Å². The van der Waals surface area contributed by atoms with Crippen LogP contribution in [0.1, 0.15) is 6.42 Å². The minimum Gasteiger partial charge on any atom is -0.480 e. The Labute approximate surface area is 61.9 Å². The monoisotopic (exact) mass is 161 g/mol. The van der Waals surface area contributed by atoms with Gasteiger partial charge < -0.3 is 15.6 Å². The van der Waals surface area contributed by atoms with Gasteiger partial charge in [0.1, 0.15) is 6.04 Å². The van der Waals surface area contributed by atoms with Gasteiger partial charge in [0.25, 0.3) is 0 Å². The number of hydrogen-bond donors (Lipinski definition) is 2. The number of carbonyl (C=O) groups excluding carboxylic acids is 2. The molecule has 6 heteroatoms. The molecule has 0 aromatic carbocycles. The maximum atomic E-state index is 10.4. The molecule has 6 nitrogen and oxygen atoms in total. The van der Waals surface area contributed by atoms with Crippen LogP contribution in [0.3, 0.4) is 0 Å². The Balaban J connectivity index is 3.74. The number of hydrogen-bond acceptors (Lipinski definition) is 5. The maximum Gasteiger partial charge on any atom is 0.321 e. The second-order valence-corrected chi connectivity index (χ2v) is 1.73. The smallest absolute Gasteiger partial charge is 0.321 e. The Morgan fingerprint density at radius 1 is 1.64 bits per heavy atom. The van der Waals surface area contributed by atoms with Crippen LogP contribution in [-0.2, 0) is 19.1 Å². The number of nitrogens with two attached hydrogens (primary N) is 1. The fraction of sp³-hybridized carbons (Fsp3) is 0.400. The van der Waals surface area contributed by atoms with Crippen molar-refractivity contribution in [3.05, 3.63) is 0 Å². The Morgan fingerprint density at radius 3 is 2.55 bits per heavy atom. The molecule has 0 bridgehead atoms. The average molecular weight is 161 g/mol. The molecule has 62 valence electrons.